The van der Waals surface area contributed by atoms with E-state index in [1.54, 1.807) is 18.3 Å². The van der Waals surface area contributed by atoms with E-state index in [2.05, 4.69) is 10.4 Å². The van der Waals surface area contributed by atoms with Crippen molar-refractivity contribution < 1.29 is 14.2 Å². The van der Waals surface area contributed by atoms with Crippen molar-refractivity contribution in [3.8, 4) is 5.75 Å². The lowest BCUT2D eigenvalue weighted by Crippen LogP contribution is -2.38. The summed E-state index contributed by atoms with van der Waals surface area (Å²) in [6, 6.07) is 8.17. The van der Waals surface area contributed by atoms with Gasteiger partial charge in [0.05, 0.1) is 6.54 Å². The van der Waals surface area contributed by atoms with Crippen LogP contribution < -0.4 is 10.1 Å². The third kappa shape index (κ3) is 5.17. The topological polar surface area (TPSA) is 59.3 Å². The summed E-state index contributed by atoms with van der Waals surface area (Å²) in [6.07, 6.45) is 2.91. The van der Waals surface area contributed by atoms with E-state index in [0.29, 0.717) is 13.1 Å². The Bertz CT molecular complexity index is 533. The van der Waals surface area contributed by atoms with Gasteiger partial charge in [0.1, 0.15) is 12.7 Å². The van der Waals surface area contributed by atoms with Crippen LogP contribution in [0.2, 0.25) is 0 Å². The standard InChI is InChI=1S/C15H20FN3O2/c1-12(10-19-8-4-7-18-19)17-9-13(20)11-21-15-6-3-2-5-14(15)16/h2-8,12-13,17,20H,9-11H2,1H3. The van der Waals surface area contributed by atoms with Crippen molar-refractivity contribution in [3.63, 3.8) is 0 Å². The number of aliphatic hydroxyl groups is 1. The molecule has 0 aliphatic heterocycles. The highest BCUT2D eigenvalue weighted by Gasteiger charge is 2.10. The van der Waals surface area contributed by atoms with E-state index >= 15 is 0 Å². The molecule has 1 aromatic carbocycles. The van der Waals surface area contributed by atoms with Crippen molar-refractivity contribution in [1.82, 2.24) is 15.1 Å². The SMILES string of the molecule is CC(Cn1cccn1)NCC(O)COc1ccccc1F. The average Bonchev–Trinajstić information content (AvgIpc) is 2.97. The number of nitrogens with one attached hydrogen (secondary N) is 1. The molecule has 0 aliphatic rings. The van der Waals surface area contributed by atoms with Crippen molar-refractivity contribution in [1.29, 1.82) is 0 Å². The number of para-hydroxylation sites is 1. The van der Waals surface area contributed by atoms with Gasteiger partial charge in [0, 0.05) is 25.0 Å². The number of aromatic nitrogens is 2. The van der Waals surface area contributed by atoms with Crippen molar-refractivity contribution >= 4 is 0 Å². The van der Waals surface area contributed by atoms with E-state index in [0.717, 1.165) is 0 Å². The third-order valence-electron chi connectivity index (χ3n) is 2.99. The molecule has 114 valence electrons. The number of aliphatic hydroxyl groups excluding tert-OH is 1. The summed E-state index contributed by atoms with van der Waals surface area (Å²) < 4.78 is 20.4. The quantitative estimate of drug-likeness (QED) is 0.773. The first-order valence-electron chi connectivity index (χ1n) is 6.91. The van der Waals surface area contributed by atoms with Crippen LogP contribution in [0.4, 0.5) is 4.39 Å². The summed E-state index contributed by atoms with van der Waals surface area (Å²) in [5.74, 6) is -0.272. The molecule has 0 aliphatic carbocycles. The molecule has 0 bridgehead atoms. The van der Waals surface area contributed by atoms with E-state index in [4.69, 9.17) is 4.74 Å². The minimum atomic E-state index is -0.704. The molecular formula is C15H20FN3O2. The first kappa shape index (κ1) is 15.5. The second kappa shape index (κ2) is 7.75. The number of rotatable bonds is 8. The van der Waals surface area contributed by atoms with Gasteiger partial charge in [-0.3, -0.25) is 4.68 Å². The van der Waals surface area contributed by atoms with Crippen LogP contribution in [-0.4, -0.2) is 40.2 Å². The van der Waals surface area contributed by atoms with Gasteiger partial charge in [-0.05, 0) is 25.1 Å². The Morgan fingerprint density at radius 1 is 1.38 bits per heavy atom. The minimum Gasteiger partial charge on any atom is -0.488 e. The summed E-state index contributed by atoms with van der Waals surface area (Å²) in [4.78, 5) is 0. The van der Waals surface area contributed by atoms with Gasteiger partial charge in [0.15, 0.2) is 11.6 Å². The van der Waals surface area contributed by atoms with Gasteiger partial charge < -0.3 is 15.2 Å². The first-order valence-corrected chi connectivity index (χ1v) is 6.91. The number of ether oxygens (including phenoxy) is 1. The van der Waals surface area contributed by atoms with Crippen LogP contribution in [0.15, 0.2) is 42.7 Å². The molecule has 5 nitrogen and oxygen atoms in total. The largest absolute Gasteiger partial charge is 0.488 e. The Morgan fingerprint density at radius 3 is 2.90 bits per heavy atom. The average molecular weight is 293 g/mol. The smallest absolute Gasteiger partial charge is 0.165 e. The van der Waals surface area contributed by atoms with Crippen molar-refractivity contribution in [2.45, 2.75) is 25.6 Å². The fourth-order valence-corrected chi connectivity index (χ4v) is 1.90. The van der Waals surface area contributed by atoms with Crippen LogP contribution in [-0.2, 0) is 6.54 Å². The molecule has 6 heteroatoms. The van der Waals surface area contributed by atoms with Gasteiger partial charge in [-0.2, -0.15) is 5.10 Å². The monoisotopic (exact) mass is 293 g/mol. The lowest BCUT2D eigenvalue weighted by molar-refractivity contribution is 0.101. The van der Waals surface area contributed by atoms with Crippen molar-refractivity contribution in [3.05, 3.63) is 48.5 Å². The molecule has 2 rings (SSSR count). The van der Waals surface area contributed by atoms with Crippen LogP contribution in [0, 0.1) is 5.82 Å². The Balaban J connectivity index is 1.67. The molecule has 2 unspecified atom stereocenters. The van der Waals surface area contributed by atoms with Gasteiger partial charge in [-0.25, -0.2) is 4.39 Å². The van der Waals surface area contributed by atoms with E-state index in [1.807, 2.05) is 23.9 Å². The maximum atomic E-state index is 13.3. The molecule has 0 radical (unpaired) electrons. The summed E-state index contributed by atoms with van der Waals surface area (Å²) >= 11 is 0. The number of nitrogens with zero attached hydrogens (tertiary/aromatic N) is 2. The highest BCUT2D eigenvalue weighted by Crippen LogP contribution is 2.15. The summed E-state index contributed by atoms with van der Waals surface area (Å²) in [6.45, 7) is 3.14. The predicted molar refractivity (Wildman–Crippen MR) is 77.6 cm³/mol. The zero-order valence-electron chi connectivity index (χ0n) is 11.9. The molecule has 0 amide bonds. The van der Waals surface area contributed by atoms with Crippen molar-refractivity contribution in [2.75, 3.05) is 13.2 Å². The lowest BCUT2D eigenvalue weighted by atomic mass is 10.3. The molecule has 2 aromatic rings. The zero-order chi connectivity index (χ0) is 15.1. The highest BCUT2D eigenvalue weighted by molar-refractivity contribution is 5.23. The maximum Gasteiger partial charge on any atom is 0.165 e. The van der Waals surface area contributed by atoms with E-state index < -0.39 is 11.9 Å². The Morgan fingerprint density at radius 2 is 2.19 bits per heavy atom. The second-order valence-corrected chi connectivity index (χ2v) is 4.93. The number of hydrogen-bond donors (Lipinski definition) is 2. The van der Waals surface area contributed by atoms with Crippen LogP contribution >= 0.6 is 0 Å². The molecule has 1 aromatic heterocycles. The normalized spacial score (nSPS) is 13.9. The van der Waals surface area contributed by atoms with E-state index in [9.17, 15) is 9.50 Å². The maximum absolute atomic E-state index is 13.3. The summed E-state index contributed by atoms with van der Waals surface area (Å²) in [5.41, 5.74) is 0. The van der Waals surface area contributed by atoms with Crippen LogP contribution in [0.25, 0.3) is 0 Å². The summed E-state index contributed by atoms with van der Waals surface area (Å²) in [7, 11) is 0. The number of hydrogen-bond acceptors (Lipinski definition) is 4. The van der Waals surface area contributed by atoms with Gasteiger partial charge in [-0.1, -0.05) is 12.1 Å². The zero-order valence-corrected chi connectivity index (χ0v) is 11.9. The van der Waals surface area contributed by atoms with Gasteiger partial charge >= 0.3 is 0 Å². The van der Waals surface area contributed by atoms with Gasteiger partial charge in [-0.15, -0.1) is 0 Å². The Kier molecular flexibility index (Phi) is 5.71. The summed E-state index contributed by atoms with van der Waals surface area (Å²) in [5, 5.41) is 17.1. The van der Waals surface area contributed by atoms with Crippen LogP contribution in [0.5, 0.6) is 5.75 Å². The third-order valence-corrected chi connectivity index (χ3v) is 2.99. The first-order chi connectivity index (χ1) is 10.1. The minimum absolute atomic E-state index is 0.0441. The predicted octanol–water partition coefficient (Wildman–Crippen LogP) is 1.44. The van der Waals surface area contributed by atoms with Crippen molar-refractivity contribution in [2.24, 2.45) is 0 Å². The highest BCUT2D eigenvalue weighted by atomic mass is 19.1. The molecule has 2 N–H and O–H groups in total. The van der Waals surface area contributed by atoms with Crippen LogP contribution in [0.3, 0.4) is 0 Å². The fourth-order valence-electron chi connectivity index (χ4n) is 1.90. The number of benzene rings is 1. The fraction of sp³-hybridized carbons (Fsp3) is 0.400. The molecule has 1 heterocycles. The van der Waals surface area contributed by atoms with Gasteiger partial charge in [0.25, 0.3) is 0 Å². The van der Waals surface area contributed by atoms with Gasteiger partial charge in [0.2, 0.25) is 0 Å². The van der Waals surface area contributed by atoms with E-state index in [-0.39, 0.29) is 18.4 Å². The molecule has 0 spiro atoms. The molecule has 2 atom stereocenters. The molecule has 0 saturated heterocycles. The second-order valence-electron chi connectivity index (χ2n) is 4.93. The number of halogens is 1. The molecule has 0 fully saturated rings. The molecule has 0 saturated carbocycles. The van der Waals surface area contributed by atoms with E-state index in [1.165, 1.54) is 12.1 Å². The Hall–Kier alpha value is -1.92. The van der Waals surface area contributed by atoms with Crippen LogP contribution in [0.1, 0.15) is 6.92 Å². The lowest BCUT2D eigenvalue weighted by Gasteiger charge is -2.17. The molecule has 21 heavy (non-hydrogen) atoms. The molecular weight excluding hydrogens is 273 g/mol. The Labute approximate surface area is 123 Å².